The van der Waals surface area contributed by atoms with Gasteiger partial charge in [-0.2, -0.15) is 0 Å². The molecule has 3 nitrogen and oxygen atoms in total. The highest BCUT2D eigenvalue weighted by Gasteiger charge is 2.50. The fourth-order valence-electron chi connectivity index (χ4n) is 4.62. The third-order valence-corrected chi connectivity index (χ3v) is 7.03. The van der Waals surface area contributed by atoms with E-state index in [9.17, 15) is 0 Å². The molecule has 0 bridgehead atoms. The van der Waals surface area contributed by atoms with Crippen LogP contribution in [0.1, 0.15) is 38.8 Å². The molecule has 0 atom stereocenters. The second-order valence-electron chi connectivity index (χ2n) is 9.46. The minimum atomic E-state index is -0.429. The molecule has 0 aromatic heterocycles. The normalized spacial score (nSPS) is 18.7. The Morgan fingerprint density at radius 2 is 1.30 bits per heavy atom. The van der Waals surface area contributed by atoms with Crippen molar-refractivity contribution in [3.63, 3.8) is 0 Å². The maximum Gasteiger partial charge on any atom is 0.124 e. The summed E-state index contributed by atoms with van der Waals surface area (Å²) in [4.78, 5) is 12.6. The van der Waals surface area contributed by atoms with Crippen molar-refractivity contribution in [2.75, 3.05) is 5.23 Å². The molecule has 0 radical (unpaired) electrons. The van der Waals surface area contributed by atoms with Crippen LogP contribution in [0.15, 0.2) is 66.7 Å². The predicted molar refractivity (Wildman–Crippen MR) is 123 cm³/mol. The molecule has 0 unspecified atom stereocenters. The van der Waals surface area contributed by atoms with Gasteiger partial charge in [0, 0.05) is 5.39 Å². The largest absolute Gasteiger partial charge is 0.239 e. The maximum absolute atomic E-state index is 6.29. The number of anilines is 1. The van der Waals surface area contributed by atoms with Crippen molar-refractivity contribution in [1.82, 2.24) is 0 Å². The standard InChI is InChI=1S/C27H25NO2/c1-26(2)27(3,4)30-28(29-26)25-16-24-22-14-18-10-6-5-9-17(18)13-19(22)15-23(24)20-11-7-8-12-21(20)25/h5-14,16H,15H2,1-4H3. The summed E-state index contributed by atoms with van der Waals surface area (Å²) in [6, 6.07) is 24.1. The number of hydrogen-bond donors (Lipinski definition) is 0. The summed E-state index contributed by atoms with van der Waals surface area (Å²) >= 11 is 0. The van der Waals surface area contributed by atoms with E-state index in [-0.39, 0.29) is 0 Å². The summed E-state index contributed by atoms with van der Waals surface area (Å²) in [5, 5.41) is 6.63. The Balaban J connectivity index is 1.60. The number of fused-ring (bicyclic) bond motifs is 6. The van der Waals surface area contributed by atoms with Crippen LogP contribution in [0.3, 0.4) is 0 Å². The lowest BCUT2D eigenvalue weighted by molar-refractivity contribution is -0.0266. The van der Waals surface area contributed by atoms with Crippen LogP contribution >= 0.6 is 0 Å². The zero-order valence-electron chi connectivity index (χ0n) is 17.8. The Morgan fingerprint density at radius 3 is 2.00 bits per heavy atom. The quantitative estimate of drug-likeness (QED) is 0.311. The molecular weight excluding hydrogens is 370 g/mol. The minimum Gasteiger partial charge on any atom is -0.239 e. The molecule has 0 amide bonds. The van der Waals surface area contributed by atoms with Crippen molar-refractivity contribution in [2.24, 2.45) is 0 Å². The van der Waals surface area contributed by atoms with Crippen LogP contribution in [0, 0.1) is 0 Å². The molecule has 4 aromatic rings. The average Bonchev–Trinajstić information content (AvgIpc) is 3.18. The Hall–Kier alpha value is -2.88. The molecule has 1 heterocycles. The molecule has 150 valence electrons. The van der Waals surface area contributed by atoms with E-state index in [0.29, 0.717) is 0 Å². The van der Waals surface area contributed by atoms with Crippen molar-refractivity contribution in [2.45, 2.75) is 45.3 Å². The second kappa shape index (κ2) is 5.84. The molecule has 30 heavy (non-hydrogen) atoms. The van der Waals surface area contributed by atoms with E-state index in [2.05, 4.69) is 94.4 Å². The van der Waals surface area contributed by atoms with E-state index >= 15 is 0 Å². The van der Waals surface area contributed by atoms with Gasteiger partial charge in [-0.3, -0.25) is 0 Å². The van der Waals surface area contributed by atoms with Crippen molar-refractivity contribution >= 4 is 27.2 Å². The van der Waals surface area contributed by atoms with E-state index in [0.717, 1.165) is 17.5 Å². The monoisotopic (exact) mass is 395 g/mol. The van der Waals surface area contributed by atoms with Gasteiger partial charge in [0.15, 0.2) is 0 Å². The van der Waals surface area contributed by atoms with Crippen molar-refractivity contribution in [3.05, 3.63) is 77.9 Å². The molecule has 0 saturated carbocycles. The summed E-state index contributed by atoms with van der Waals surface area (Å²) in [6.07, 6.45) is 0.953. The number of benzene rings is 4. The highest BCUT2D eigenvalue weighted by Crippen LogP contribution is 2.48. The van der Waals surface area contributed by atoms with Gasteiger partial charge in [0.2, 0.25) is 0 Å². The number of hydrogen-bond acceptors (Lipinski definition) is 3. The van der Waals surface area contributed by atoms with Gasteiger partial charge < -0.3 is 0 Å². The Morgan fingerprint density at radius 1 is 0.700 bits per heavy atom. The molecule has 1 aliphatic carbocycles. The average molecular weight is 396 g/mol. The molecule has 2 aliphatic rings. The summed E-state index contributed by atoms with van der Waals surface area (Å²) in [5.41, 5.74) is 5.46. The topological polar surface area (TPSA) is 21.7 Å². The third kappa shape index (κ3) is 2.39. The summed E-state index contributed by atoms with van der Waals surface area (Å²) in [5.74, 6) is 0. The molecule has 1 saturated heterocycles. The summed E-state index contributed by atoms with van der Waals surface area (Å²) in [6.45, 7) is 8.29. The molecule has 0 spiro atoms. The van der Waals surface area contributed by atoms with Gasteiger partial charge in [0.1, 0.15) is 16.9 Å². The fraction of sp³-hybridized carbons (Fsp3) is 0.259. The maximum atomic E-state index is 6.29. The van der Waals surface area contributed by atoms with Gasteiger partial charge in [-0.05, 0) is 84.7 Å². The van der Waals surface area contributed by atoms with Gasteiger partial charge in [-0.25, -0.2) is 9.68 Å². The first kappa shape index (κ1) is 17.9. The van der Waals surface area contributed by atoms with Crippen LogP contribution < -0.4 is 5.23 Å². The van der Waals surface area contributed by atoms with E-state index in [1.165, 1.54) is 38.4 Å². The van der Waals surface area contributed by atoms with E-state index in [4.69, 9.17) is 9.68 Å². The lowest BCUT2D eigenvalue weighted by Crippen LogP contribution is -2.41. The van der Waals surface area contributed by atoms with Gasteiger partial charge in [0.05, 0.1) is 0 Å². The highest BCUT2D eigenvalue weighted by atomic mass is 17.0. The van der Waals surface area contributed by atoms with E-state index in [1.807, 2.05) is 0 Å². The van der Waals surface area contributed by atoms with Gasteiger partial charge >= 0.3 is 0 Å². The number of rotatable bonds is 1. The highest BCUT2D eigenvalue weighted by molar-refractivity contribution is 6.04. The van der Waals surface area contributed by atoms with Gasteiger partial charge in [-0.1, -0.05) is 54.6 Å². The van der Waals surface area contributed by atoms with E-state index in [1.54, 1.807) is 5.23 Å². The van der Waals surface area contributed by atoms with Crippen LogP contribution in [-0.2, 0) is 16.1 Å². The minimum absolute atomic E-state index is 0.429. The molecule has 1 fully saturated rings. The summed E-state index contributed by atoms with van der Waals surface area (Å²) < 4.78 is 0. The summed E-state index contributed by atoms with van der Waals surface area (Å²) in [7, 11) is 0. The fourth-order valence-corrected chi connectivity index (χ4v) is 4.62. The zero-order valence-corrected chi connectivity index (χ0v) is 17.8. The predicted octanol–water partition coefficient (Wildman–Crippen LogP) is 6.80. The lowest BCUT2D eigenvalue weighted by atomic mass is 9.90. The molecule has 4 aromatic carbocycles. The zero-order chi connectivity index (χ0) is 20.7. The van der Waals surface area contributed by atoms with Crippen molar-refractivity contribution in [1.29, 1.82) is 0 Å². The van der Waals surface area contributed by atoms with Crippen LogP contribution in [0.2, 0.25) is 0 Å². The second-order valence-corrected chi connectivity index (χ2v) is 9.46. The van der Waals surface area contributed by atoms with Gasteiger partial charge in [0.25, 0.3) is 0 Å². The van der Waals surface area contributed by atoms with Gasteiger partial charge in [-0.15, -0.1) is 5.23 Å². The first-order valence-corrected chi connectivity index (χ1v) is 10.6. The Bertz CT molecular complexity index is 1320. The molecule has 1 aliphatic heterocycles. The lowest BCUT2D eigenvalue weighted by Gasteiger charge is -2.26. The van der Waals surface area contributed by atoms with Crippen LogP contribution in [0.5, 0.6) is 0 Å². The Kier molecular flexibility index (Phi) is 3.49. The van der Waals surface area contributed by atoms with Crippen LogP contribution in [0.25, 0.3) is 32.7 Å². The first-order valence-electron chi connectivity index (χ1n) is 10.6. The number of nitrogens with zero attached hydrogens (tertiary/aromatic N) is 1. The smallest absolute Gasteiger partial charge is 0.124 e. The molecular formula is C27H25NO2. The van der Waals surface area contributed by atoms with Crippen LogP contribution in [0.4, 0.5) is 5.69 Å². The third-order valence-electron chi connectivity index (χ3n) is 7.03. The first-order chi connectivity index (χ1) is 14.3. The van der Waals surface area contributed by atoms with Crippen LogP contribution in [-0.4, -0.2) is 11.2 Å². The SMILES string of the molecule is CC1(C)ON(c2cc3c(c4ccccc24)Cc2cc4ccccc4cc2-3)OC1(C)C. The van der Waals surface area contributed by atoms with E-state index < -0.39 is 11.2 Å². The molecule has 3 heteroatoms. The Labute approximate surface area is 176 Å². The molecule has 0 N–H and O–H groups in total. The van der Waals surface area contributed by atoms with Crippen molar-refractivity contribution < 1.29 is 9.68 Å². The van der Waals surface area contributed by atoms with Crippen molar-refractivity contribution in [3.8, 4) is 11.1 Å². The molecule has 6 rings (SSSR count).